The van der Waals surface area contributed by atoms with Crippen molar-refractivity contribution >= 4 is 23.6 Å². The van der Waals surface area contributed by atoms with E-state index in [-0.39, 0.29) is 18.9 Å². The summed E-state index contributed by atoms with van der Waals surface area (Å²) in [6, 6.07) is 0. The van der Waals surface area contributed by atoms with Crippen molar-refractivity contribution in [3.8, 4) is 0 Å². The summed E-state index contributed by atoms with van der Waals surface area (Å²) in [4.78, 5) is 33.8. The van der Waals surface area contributed by atoms with E-state index in [0.717, 1.165) is 13.8 Å². The molecule has 0 aliphatic carbocycles. The average Bonchev–Trinajstić information content (AvgIpc) is 2.47. The molecule has 0 aromatic rings. The van der Waals surface area contributed by atoms with Gasteiger partial charge in [-0.1, -0.05) is 5.16 Å². The van der Waals surface area contributed by atoms with E-state index in [1.807, 2.05) is 0 Å². The van der Waals surface area contributed by atoms with E-state index >= 15 is 0 Å². The summed E-state index contributed by atoms with van der Waals surface area (Å²) < 4.78 is 26.0. The molecule has 24 heavy (non-hydrogen) atoms. The number of ether oxygens (including phenoxy) is 5. The number of carbonyl (C=O) groups is 3. The van der Waals surface area contributed by atoms with Gasteiger partial charge in [0.1, 0.15) is 12.7 Å². The van der Waals surface area contributed by atoms with Crippen molar-refractivity contribution in [2.75, 3.05) is 13.2 Å². The zero-order valence-electron chi connectivity index (χ0n) is 13.9. The summed E-state index contributed by atoms with van der Waals surface area (Å²) in [7, 11) is 0. The fourth-order valence-corrected chi connectivity index (χ4v) is 2.15. The van der Waals surface area contributed by atoms with Gasteiger partial charge in [0.15, 0.2) is 17.9 Å². The first-order chi connectivity index (χ1) is 11.3. The number of rotatable bonds is 6. The molecule has 1 heterocycles. The van der Waals surface area contributed by atoms with Crippen LogP contribution in [-0.4, -0.2) is 66.6 Å². The van der Waals surface area contributed by atoms with Crippen molar-refractivity contribution in [2.24, 2.45) is 5.16 Å². The molecule has 136 valence electrons. The van der Waals surface area contributed by atoms with Gasteiger partial charge in [0.25, 0.3) is 0 Å². The monoisotopic (exact) mass is 347 g/mol. The summed E-state index contributed by atoms with van der Waals surface area (Å²) in [5, 5.41) is 12.3. The molecule has 0 radical (unpaired) electrons. The van der Waals surface area contributed by atoms with Crippen LogP contribution in [-0.2, 0) is 38.1 Å². The van der Waals surface area contributed by atoms with Crippen molar-refractivity contribution in [3.05, 3.63) is 0 Å². The highest BCUT2D eigenvalue weighted by Gasteiger charge is 2.49. The Morgan fingerprint density at radius 3 is 2.21 bits per heavy atom. The Bertz CT molecular complexity index is 504. The molecule has 4 atom stereocenters. The Labute approximate surface area is 138 Å². The van der Waals surface area contributed by atoms with E-state index in [0.29, 0.717) is 0 Å². The molecule has 10 heteroatoms. The van der Waals surface area contributed by atoms with Crippen molar-refractivity contribution in [1.29, 1.82) is 0 Å². The van der Waals surface area contributed by atoms with Gasteiger partial charge in [-0.25, -0.2) is 0 Å². The smallest absolute Gasteiger partial charge is 0.303 e. The van der Waals surface area contributed by atoms with Gasteiger partial charge < -0.3 is 28.9 Å². The first-order valence-electron chi connectivity index (χ1n) is 7.26. The van der Waals surface area contributed by atoms with E-state index in [4.69, 9.17) is 23.7 Å². The first-order valence-corrected chi connectivity index (χ1v) is 7.26. The molecule has 1 aliphatic rings. The van der Waals surface area contributed by atoms with Crippen LogP contribution in [0.4, 0.5) is 0 Å². The Kier molecular flexibility index (Phi) is 7.59. The molecule has 1 aliphatic heterocycles. The normalized spacial score (nSPS) is 28.2. The van der Waals surface area contributed by atoms with Crippen LogP contribution >= 0.6 is 0 Å². The molecule has 1 N–H and O–H groups in total. The maximum absolute atomic E-state index is 11.4. The number of nitrogens with zero attached hydrogens (tertiary/aromatic N) is 1. The second-order valence-electron chi connectivity index (χ2n) is 4.89. The topological polar surface area (TPSA) is 130 Å². The average molecular weight is 347 g/mol. The number of hydrogen-bond donors (Lipinski definition) is 1. The minimum absolute atomic E-state index is 0.169. The van der Waals surface area contributed by atoms with Crippen molar-refractivity contribution in [2.45, 2.75) is 52.3 Å². The minimum Gasteiger partial charge on any atom is -0.463 e. The third-order valence-electron chi connectivity index (χ3n) is 2.98. The van der Waals surface area contributed by atoms with Crippen LogP contribution in [0.25, 0.3) is 0 Å². The van der Waals surface area contributed by atoms with Gasteiger partial charge in [-0.05, 0) is 6.92 Å². The van der Waals surface area contributed by atoms with Gasteiger partial charge in [0, 0.05) is 27.4 Å². The minimum atomic E-state index is -1.25. The van der Waals surface area contributed by atoms with Crippen LogP contribution < -0.4 is 0 Å². The van der Waals surface area contributed by atoms with Crippen LogP contribution in [0.2, 0.25) is 0 Å². The van der Waals surface area contributed by atoms with Gasteiger partial charge in [-0.3, -0.25) is 14.4 Å². The number of carbonyl (C=O) groups excluding carboxylic acids is 3. The quantitative estimate of drug-likeness (QED) is 0.305. The molecule has 0 spiro atoms. The van der Waals surface area contributed by atoms with Crippen molar-refractivity contribution in [3.63, 3.8) is 0 Å². The van der Waals surface area contributed by atoms with Gasteiger partial charge in [0.05, 0.1) is 0 Å². The Hall–Kier alpha value is -2.20. The molecule has 10 nitrogen and oxygen atoms in total. The van der Waals surface area contributed by atoms with Crippen molar-refractivity contribution in [1.82, 2.24) is 0 Å². The Morgan fingerprint density at radius 2 is 1.75 bits per heavy atom. The first kappa shape index (κ1) is 19.8. The standard InChI is InChI=1S/C14H21NO9/c1-5-20-14-11(15-19)13(23-9(4)18)12(22-8(3)17)10(24-14)6-21-7(2)16/h10,12-14,19H,5-6H2,1-4H3/b15-11-/t10-,12-,13+,14+/m1/s1. The summed E-state index contributed by atoms with van der Waals surface area (Å²) in [5.41, 5.74) is -0.169. The third kappa shape index (κ3) is 5.46. The summed E-state index contributed by atoms with van der Waals surface area (Å²) in [6.45, 7) is 5.11. The highest BCUT2D eigenvalue weighted by atomic mass is 16.7. The van der Waals surface area contributed by atoms with Gasteiger partial charge in [0.2, 0.25) is 6.29 Å². The highest BCUT2D eigenvalue weighted by molar-refractivity contribution is 5.94. The molecule has 0 bridgehead atoms. The number of oxime groups is 1. The van der Waals surface area contributed by atoms with Gasteiger partial charge >= 0.3 is 17.9 Å². The van der Waals surface area contributed by atoms with E-state index in [9.17, 15) is 19.6 Å². The lowest BCUT2D eigenvalue weighted by molar-refractivity contribution is -0.220. The largest absolute Gasteiger partial charge is 0.463 e. The lowest BCUT2D eigenvalue weighted by Gasteiger charge is -2.39. The molecule has 1 fully saturated rings. The molecule has 0 aromatic carbocycles. The Balaban J connectivity index is 3.16. The van der Waals surface area contributed by atoms with Crippen LogP contribution in [0.3, 0.4) is 0 Å². The van der Waals surface area contributed by atoms with Crippen molar-refractivity contribution < 1.29 is 43.3 Å². The Morgan fingerprint density at radius 1 is 1.12 bits per heavy atom. The fourth-order valence-electron chi connectivity index (χ4n) is 2.15. The fraction of sp³-hybridized carbons (Fsp3) is 0.714. The third-order valence-corrected chi connectivity index (χ3v) is 2.98. The molecular formula is C14H21NO9. The van der Waals surface area contributed by atoms with Crippen LogP contribution in [0.15, 0.2) is 5.16 Å². The predicted molar refractivity (Wildman–Crippen MR) is 77.2 cm³/mol. The lowest BCUT2D eigenvalue weighted by Crippen LogP contribution is -2.59. The zero-order valence-corrected chi connectivity index (χ0v) is 13.9. The summed E-state index contributed by atoms with van der Waals surface area (Å²) in [6.07, 6.45) is -4.56. The highest BCUT2D eigenvalue weighted by Crippen LogP contribution is 2.25. The van der Waals surface area contributed by atoms with Crippen LogP contribution in [0, 0.1) is 0 Å². The van der Waals surface area contributed by atoms with Crippen LogP contribution in [0.5, 0.6) is 0 Å². The van der Waals surface area contributed by atoms with E-state index in [1.165, 1.54) is 6.92 Å². The van der Waals surface area contributed by atoms with Gasteiger partial charge in [-0.2, -0.15) is 0 Å². The van der Waals surface area contributed by atoms with E-state index in [1.54, 1.807) is 6.92 Å². The lowest BCUT2D eigenvalue weighted by atomic mass is 9.99. The van der Waals surface area contributed by atoms with Crippen LogP contribution in [0.1, 0.15) is 27.7 Å². The second-order valence-corrected chi connectivity index (χ2v) is 4.89. The molecule has 1 rings (SSSR count). The second kappa shape index (κ2) is 9.18. The maximum Gasteiger partial charge on any atom is 0.303 e. The molecule has 0 amide bonds. The number of hydrogen-bond acceptors (Lipinski definition) is 10. The molecule has 0 saturated carbocycles. The molecule has 0 unspecified atom stereocenters. The zero-order chi connectivity index (χ0) is 18.3. The number of esters is 3. The predicted octanol–water partition coefficient (Wildman–Crippen LogP) is 0.00450. The summed E-state index contributed by atoms with van der Waals surface area (Å²) in [5.74, 6) is -1.94. The van der Waals surface area contributed by atoms with Gasteiger partial charge in [-0.15, -0.1) is 0 Å². The molecular weight excluding hydrogens is 326 g/mol. The maximum atomic E-state index is 11.4. The molecule has 0 aromatic heterocycles. The SMILES string of the molecule is CCO[C@H]1O[C@H](COC(C)=O)[C@@H](OC(C)=O)[C@@H](OC(C)=O)/C1=N/O. The summed E-state index contributed by atoms with van der Waals surface area (Å²) >= 11 is 0. The van der Waals surface area contributed by atoms with E-state index < -0.39 is 42.5 Å². The van der Waals surface area contributed by atoms with E-state index in [2.05, 4.69) is 5.16 Å². The molecule has 1 saturated heterocycles.